The smallest absolute Gasteiger partial charge is 0.204 e. The zero-order valence-corrected chi connectivity index (χ0v) is 29.6. The van der Waals surface area contributed by atoms with E-state index in [2.05, 4.69) is 0 Å². The third-order valence-electron chi connectivity index (χ3n) is 9.20. The first kappa shape index (κ1) is 39.8. The monoisotopic (exact) mass is 746 g/mol. The Balaban J connectivity index is 1.52. The van der Waals surface area contributed by atoms with E-state index in [-0.39, 0.29) is 42.0 Å². The summed E-state index contributed by atoms with van der Waals surface area (Å²) in [5, 5.41) is 81.9. The highest BCUT2D eigenvalue weighted by molar-refractivity contribution is 5.63. The zero-order valence-electron chi connectivity index (χ0n) is 29.6. The molecule has 3 aromatic rings. The number of fused-ring (bicyclic) bond motifs is 1. The number of aliphatic hydroxyl groups is 7. The summed E-state index contributed by atoms with van der Waals surface area (Å²) in [5.74, 6) is 0.464. The molecule has 2 heterocycles. The van der Waals surface area contributed by atoms with Crippen LogP contribution in [0, 0.1) is 0 Å². The molecule has 0 unspecified atom stereocenters. The van der Waals surface area contributed by atoms with Crippen molar-refractivity contribution in [2.24, 2.45) is 0 Å². The quantitative estimate of drug-likeness (QED) is 0.102. The molecule has 0 radical (unpaired) electrons. The third-order valence-corrected chi connectivity index (χ3v) is 9.20. The van der Waals surface area contributed by atoms with E-state index in [0.29, 0.717) is 33.8 Å². The summed E-state index contributed by atoms with van der Waals surface area (Å²) in [5.41, 5.74) is 2.11. The lowest BCUT2D eigenvalue weighted by Gasteiger charge is -2.40. The maximum atomic E-state index is 11.2. The van der Waals surface area contributed by atoms with Crippen molar-refractivity contribution in [1.82, 2.24) is 0 Å². The van der Waals surface area contributed by atoms with Gasteiger partial charge in [0.15, 0.2) is 46.9 Å². The van der Waals surface area contributed by atoms with Crippen LogP contribution in [0.4, 0.5) is 0 Å². The number of aliphatic hydroxyl groups excluding tert-OH is 7. The predicted octanol–water partition coefficient (Wildman–Crippen LogP) is 0.939. The molecule has 0 aliphatic carbocycles. The molecule has 1 saturated heterocycles. The molecular formula is C37H46O16. The molecule has 0 spiro atoms. The summed E-state index contributed by atoms with van der Waals surface area (Å²) < 4.78 is 46.5. The highest BCUT2D eigenvalue weighted by atomic mass is 16.7. The number of benzene rings is 3. The van der Waals surface area contributed by atoms with Crippen molar-refractivity contribution in [3.63, 3.8) is 0 Å². The van der Waals surface area contributed by atoms with Crippen molar-refractivity contribution in [2.75, 3.05) is 54.9 Å². The fraction of sp³-hybridized carbons (Fsp3) is 0.459. The van der Waals surface area contributed by atoms with Gasteiger partial charge in [0.05, 0.1) is 60.8 Å². The fourth-order valence-corrected chi connectivity index (χ4v) is 6.36. The van der Waals surface area contributed by atoms with Crippen LogP contribution in [0.3, 0.4) is 0 Å². The van der Waals surface area contributed by atoms with Crippen molar-refractivity contribution in [3.05, 3.63) is 70.8 Å². The molecular weight excluding hydrogens is 700 g/mol. The summed E-state index contributed by atoms with van der Waals surface area (Å²) in [6, 6.07) is 11.0. The van der Waals surface area contributed by atoms with Gasteiger partial charge in [-0.25, -0.2) is 0 Å². The molecule has 8 N–H and O–H groups in total. The minimum Gasteiger partial charge on any atom is -0.504 e. The van der Waals surface area contributed by atoms with E-state index in [1.54, 1.807) is 30.4 Å². The molecule has 0 amide bonds. The molecule has 290 valence electrons. The number of aromatic hydroxyl groups is 1. The summed E-state index contributed by atoms with van der Waals surface area (Å²) >= 11 is 0. The van der Waals surface area contributed by atoms with Crippen molar-refractivity contribution < 1.29 is 78.7 Å². The Morgan fingerprint density at radius 3 is 2.09 bits per heavy atom. The zero-order chi connectivity index (χ0) is 38.4. The predicted molar refractivity (Wildman–Crippen MR) is 186 cm³/mol. The average Bonchev–Trinajstić information content (AvgIpc) is 3.55. The van der Waals surface area contributed by atoms with E-state index in [4.69, 9.17) is 37.9 Å². The Bertz CT molecular complexity index is 1690. The van der Waals surface area contributed by atoms with E-state index in [9.17, 15) is 40.9 Å². The summed E-state index contributed by atoms with van der Waals surface area (Å²) in [7, 11) is 5.63. The second-order valence-corrected chi connectivity index (χ2v) is 12.4. The Hall–Kier alpha value is -4.36. The van der Waals surface area contributed by atoms with E-state index in [0.717, 1.165) is 0 Å². The summed E-state index contributed by atoms with van der Waals surface area (Å²) in [6.07, 6.45) is -7.65. The molecule has 1 fully saturated rings. The first-order valence-corrected chi connectivity index (χ1v) is 16.7. The molecule has 2 aliphatic heterocycles. The lowest BCUT2D eigenvalue weighted by molar-refractivity contribution is -0.302. The third kappa shape index (κ3) is 8.26. The van der Waals surface area contributed by atoms with Crippen molar-refractivity contribution in [1.29, 1.82) is 0 Å². The van der Waals surface area contributed by atoms with Crippen molar-refractivity contribution in [3.8, 4) is 40.2 Å². The van der Waals surface area contributed by atoms with Gasteiger partial charge < -0.3 is 78.7 Å². The maximum Gasteiger partial charge on any atom is 0.204 e. The van der Waals surface area contributed by atoms with Gasteiger partial charge in [-0.1, -0.05) is 18.2 Å². The number of phenolic OH excluding ortho intramolecular Hbond substituents is 1. The van der Waals surface area contributed by atoms with Gasteiger partial charge in [-0.2, -0.15) is 0 Å². The van der Waals surface area contributed by atoms with Crippen LogP contribution >= 0.6 is 0 Å². The number of hydrogen-bond acceptors (Lipinski definition) is 16. The lowest BCUT2D eigenvalue weighted by Crippen LogP contribution is -2.59. The van der Waals surface area contributed by atoms with Gasteiger partial charge in [0.1, 0.15) is 36.6 Å². The molecule has 5 rings (SSSR count). The number of ether oxygens (including phenoxy) is 8. The van der Waals surface area contributed by atoms with Crippen LogP contribution in [0.2, 0.25) is 0 Å². The second kappa shape index (κ2) is 17.6. The van der Waals surface area contributed by atoms with Crippen molar-refractivity contribution in [2.45, 2.75) is 54.9 Å². The van der Waals surface area contributed by atoms with Crippen LogP contribution in [-0.4, -0.2) is 133 Å². The van der Waals surface area contributed by atoms with Gasteiger partial charge in [0.25, 0.3) is 0 Å². The normalized spacial score (nSPS) is 25.0. The van der Waals surface area contributed by atoms with Crippen LogP contribution in [-0.2, 0) is 9.47 Å². The first-order chi connectivity index (χ1) is 25.5. The SMILES string of the molecule is COc1cc([C@@H](O)[C@@H](CO)Oc2c(OC)cc([C@H]3Oc4c(OC)cc(/C=C/CO)cc4[C@@H]3CO[C@@H]3O[C@H](CO)[C@@H](O)[C@H](O)[C@H]3O)cc2OC)ccc1O. The van der Waals surface area contributed by atoms with E-state index in [1.807, 2.05) is 6.07 Å². The van der Waals surface area contributed by atoms with E-state index >= 15 is 0 Å². The van der Waals surface area contributed by atoms with Crippen LogP contribution in [0.5, 0.6) is 40.2 Å². The number of phenols is 1. The molecule has 9 atom stereocenters. The molecule has 16 nitrogen and oxygen atoms in total. The van der Waals surface area contributed by atoms with Gasteiger partial charge >= 0.3 is 0 Å². The van der Waals surface area contributed by atoms with E-state index < -0.39 is 68.1 Å². The lowest BCUT2D eigenvalue weighted by atomic mass is 9.90. The molecule has 2 aliphatic rings. The van der Waals surface area contributed by atoms with Crippen molar-refractivity contribution >= 4 is 6.08 Å². The van der Waals surface area contributed by atoms with Gasteiger partial charge in [-0.15, -0.1) is 0 Å². The van der Waals surface area contributed by atoms with E-state index in [1.165, 1.54) is 46.6 Å². The minimum absolute atomic E-state index is 0.0567. The number of methoxy groups -OCH3 is 4. The van der Waals surface area contributed by atoms with Crippen LogP contribution in [0.25, 0.3) is 6.08 Å². The first-order valence-electron chi connectivity index (χ1n) is 16.7. The topological polar surface area (TPSA) is 236 Å². The molecule has 53 heavy (non-hydrogen) atoms. The van der Waals surface area contributed by atoms with Crippen LogP contribution in [0.1, 0.15) is 40.4 Å². The Morgan fingerprint density at radius 2 is 1.49 bits per heavy atom. The highest BCUT2D eigenvalue weighted by Gasteiger charge is 2.46. The van der Waals surface area contributed by atoms with Gasteiger partial charge in [-0.05, 0) is 47.5 Å². The molecule has 0 saturated carbocycles. The maximum absolute atomic E-state index is 11.2. The van der Waals surface area contributed by atoms with Gasteiger partial charge in [0.2, 0.25) is 5.75 Å². The number of rotatable bonds is 16. The largest absolute Gasteiger partial charge is 0.504 e. The molecule has 3 aromatic carbocycles. The summed E-state index contributed by atoms with van der Waals surface area (Å²) in [4.78, 5) is 0. The summed E-state index contributed by atoms with van der Waals surface area (Å²) in [6.45, 7) is -1.63. The molecule has 0 bridgehead atoms. The second-order valence-electron chi connectivity index (χ2n) is 12.4. The Morgan fingerprint density at radius 1 is 0.811 bits per heavy atom. The average molecular weight is 747 g/mol. The molecule has 0 aromatic heterocycles. The minimum atomic E-state index is -1.65. The Kier molecular flexibility index (Phi) is 13.3. The van der Waals surface area contributed by atoms with Crippen LogP contribution in [0.15, 0.2) is 48.5 Å². The Labute approximate surface area is 305 Å². The van der Waals surface area contributed by atoms with Gasteiger partial charge in [-0.3, -0.25) is 0 Å². The standard InChI is InChI=1S/C37H46O16/c1-46-24-12-19(7-8-23(24)41)30(42)28(15-39)51-36-26(48-3)13-20(14-27(36)49-4)34-22(17-50-37-33(45)32(44)31(43)29(16-40)52-37)21-10-18(6-5-9-38)11-25(47-2)35(21)53-34/h5-8,10-14,22,28-34,37-45H,9,15-17H2,1-4H3/b6-5+/t22-,28+,29+,30+,31+,32-,33+,34+,37+/m0/s1. The van der Waals surface area contributed by atoms with Crippen LogP contribution < -0.4 is 28.4 Å². The van der Waals surface area contributed by atoms with Gasteiger partial charge in [0, 0.05) is 11.1 Å². The number of hydrogen-bond donors (Lipinski definition) is 8. The highest BCUT2D eigenvalue weighted by Crippen LogP contribution is 2.53. The fourth-order valence-electron chi connectivity index (χ4n) is 6.36. The molecule has 16 heteroatoms.